The lowest BCUT2D eigenvalue weighted by Gasteiger charge is -2.38. The molecule has 1 aliphatic heterocycles. The number of rotatable bonds is 10. The molecule has 7 rings (SSSR count). The zero-order chi connectivity index (χ0) is 41.8. The van der Waals surface area contributed by atoms with Crippen molar-refractivity contribution in [3.05, 3.63) is 141 Å². The van der Waals surface area contributed by atoms with Crippen molar-refractivity contribution < 1.29 is 23.7 Å². The lowest BCUT2D eigenvalue weighted by atomic mass is 9.76. The van der Waals surface area contributed by atoms with E-state index in [4.69, 9.17) is 23.7 Å². The van der Waals surface area contributed by atoms with E-state index in [1.54, 1.807) is 28.4 Å². The van der Waals surface area contributed by atoms with Crippen LogP contribution in [0.3, 0.4) is 0 Å². The average Bonchev–Trinajstić information content (AvgIpc) is 3.15. The van der Waals surface area contributed by atoms with Crippen molar-refractivity contribution in [3.63, 3.8) is 0 Å². The predicted octanol–water partition coefficient (Wildman–Crippen LogP) is 10.1. The van der Waals surface area contributed by atoms with Gasteiger partial charge in [0.05, 0.1) is 28.4 Å². The first-order valence-electron chi connectivity index (χ1n) is 19.8. The first-order valence-corrected chi connectivity index (χ1v) is 22.5. The first kappa shape index (κ1) is 41.3. The molecule has 5 nitrogen and oxygen atoms in total. The Balaban J connectivity index is 1.51. The van der Waals surface area contributed by atoms with Crippen LogP contribution in [0.5, 0.6) is 34.5 Å². The standard InChI is InChI=1S/C51H56O5P2/c1-29-21-37(22-30(2)45(29)52-11)57(38-23-31(3)46(53-12)32(4)24-38)43-19-15-17-41-49(43)56-50-42(51(41,9)10)18-16-20-44(50)58(39-25-33(5)47(54-13)34(6)26-39)40-27-35(7)48(55-14)36(8)28-40/h15-28H,1-14H3. The zero-order valence-electron chi connectivity index (χ0n) is 36.5. The SMILES string of the molecule is COc1c(C)cc(P(c2cc(C)c(OC)c(C)c2)c2cccc3c2Oc2c(P(c4cc(C)c(OC)c(C)c4)c4cc(C)c(OC)c(C)c4)cccc2C3(C)C)cc1C. The summed E-state index contributed by atoms with van der Waals surface area (Å²) < 4.78 is 31.0. The van der Waals surface area contributed by atoms with E-state index in [2.05, 4.69) is 154 Å². The van der Waals surface area contributed by atoms with Gasteiger partial charge < -0.3 is 23.7 Å². The van der Waals surface area contributed by atoms with Gasteiger partial charge in [-0.2, -0.15) is 0 Å². The molecule has 0 atom stereocenters. The van der Waals surface area contributed by atoms with Crippen LogP contribution in [0.1, 0.15) is 69.5 Å². The van der Waals surface area contributed by atoms with Crippen LogP contribution in [0.15, 0.2) is 84.9 Å². The fourth-order valence-electron chi connectivity index (χ4n) is 9.22. The quantitative estimate of drug-likeness (QED) is 0.129. The van der Waals surface area contributed by atoms with Crippen molar-refractivity contribution >= 4 is 47.7 Å². The average molecular weight is 811 g/mol. The third-order valence-electron chi connectivity index (χ3n) is 11.7. The number of para-hydroxylation sites is 2. The van der Waals surface area contributed by atoms with E-state index in [1.807, 2.05) is 0 Å². The van der Waals surface area contributed by atoms with Crippen LogP contribution in [0.25, 0.3) is 0 Å². The third-order valence-corrected chi connectivity index (χ3v) is 16.4. The number of benzene rings is 6. The Morgan fingerprint density at radius 3 is 0.862 bits per heavy atom. The summed E-state index contributed by atoms with van der Waals surface area (Å²) in [5, 5.41) is 7.37. The zero-order valence-corrected chi connectivity index (χ0v) is 38.3. The maximum absolute atomic E-state index is 7.58. The molecule has 1 heterocycles. The molecule has 1 aliphatic rings. The van der Waals surface area contributed by atoms with Gasteiger partial charge in [0.15, 0.2) is 0 Å². The summed E-state index contributed by atoms with van der Waals surface area (Å²) in [4.78, 5) is 0. The molecule has 0 amide bonds. The van der Waals surface area contributed by atoms with Gasteiger partial charge in [0, 0.05) is 27.2 Å². The van der Waals surface area contributed by atoms with Crippen LogP contribution < -0.4 is 55.5 Å². The first-order chi connectivity index (χ1) is 27.6. The lowest BCUT2D eigenvalue weighted by molar-refractivity contribution is 0.408. The number of methoxy groups -OCH3 is 4. The molecule has 0 saturated heterocycles. The second kappa shape index (κ2) is 16.1. The highest BCUT2D eigenvalue weighted by Crippen LogP contribution is 2.53. The van der Waals surface area contributed by atoms with Crippen molar-refractivity contribution in [1.29, 1.82) is 0 Å². The number of ether oxygens (including phenoxy) is 5. The molecular formula is C51H56O5P2. The van der Waals surface area contributed by atoms with E-state index >= 15 is 0 Å². The molecule has 0 aliphatic carbocycles. The molecule has 0 fully saturated rings. The monoisotopic (exact) mass is 810 g/mol. The van der Waals surface area contributed by atoms with Crippen molar-refractivity contribution in [3.8, 4) is 34.5 Å². The molecular weight excluding hydrogens is 755 g/mol. The van der Waals surface area contributed by atoms with Gasteiger partial charge in [-0.3, -0.25) is 0 Å². The number of hydrogen-bond acceptors (Lipinski definition) is 5. The Hall–Kier alpha value is -4.82. The van der Waals surface area contributed by atoms with Gasteiger partial charge in [0.25, 0.3) is 0 Å². The van der Waals surface area contributed by atoms with E-state index in [9.17, 15) is 0 Å². The Bertz CT molecular complexity index is 2180. The Morgan fingerprint density at radius 1 is 0.397 bits per heavy atom. The molecule has 0 unspecified atom stereocenters. The van der Waals surface area contributed by atoms with Gasteiger partial charge in [-0.15, -0.1) is 0 Å². The van der Waals surface area contributed by atoms with Gasteiger partial charge >= 0.3 is 0 Å². The van der Waals surface area contributed by atoms with Crippen LogP contribution in [0.4, 0.5) is 0 Å². The molecule has 0 radical (unpaired) electrons. The highest BCUT2D eigenvalue weighted by molar-refractivity contribution is 7.80. The van der Waals surface area contributed by atoms with Crippen molar-refractivity contribution in [2.45, 2.75) is 74.7 Å². The summed E-state index contributed by atoms with van der Waals surface area (Å²) in [6.45, 7) is 21.8. The molecule has 7 heteroatoms. The van der Waals surface area contributed by atoms with Crippen LogP contribution in [-0.4, -0.2) is 28.4 Å². The summed E-state index contributed by atoms with van der Waals surface area (Å²) in [5.41, 5.74) is 10.9. The molecule has 6 aromatic carbocycles. The van der Waals surface area contributed by atoms with Gasteiger partial charge in [-0.1, -0.05) is 50.2 Å². The summed E-state index contributed by atoms with van der Waals surface area (Å²) in [6, 6.07) is 32.0. The van der Waals surface area contributed by atoms with Gasteiger partial charge in [0.2, 0.25) is 0 Å². The number of fused-ring (bicyclic) bond motifs is 2. The molecule has 0 bridgehead atoms. The summed E-state index contributed by atoms with van der Waals surface area (Å²) in [5.74, 6) is 5.58. The third kappa shape index (κ3) is 7.05. The summed E-state index contributed by atoms with van der Waals surface area (Å²) >= 11 is 0. The lowest BCUT2D eigenvalue weighted by Crippen LogP contribution is -2.33. The minimum Gasteiger partial charge on any atom is -0.496 e. The molecule has 58 heavy (non-hydrogen) atoms. The van der Waals surface area contributed by atoms with E-state index in [-0.39, 0.29) is 5.41 Å². The highest BCUT2D eigenvalue weighted by atomic mass is 31.1. The molecule has 0 saturated carbocycles. The van der Waals surface area contributed by atoms with E-state index < -0.39 is 15.8 Å². The maximum Gasteiger partial charge on any atom is 0.139 e. The number of hydrogen-bond donors (Lipinski definition) is 0. The Kier molecular flexibility index (Phi) is 11.5. The predicted molar refractivity (Wildman–Crippen MR) is 247 cm³/mol. The Labute approximate surface area is 348 Å². The normalized spacial score (nSPS) is 12.9. The van der Waals surface area contributed by atoms with E-state index in [0.717, 1.165) is 79.0 Å². The van der Waals surface area contributed by atoms with Gasteiger partial charge in [-0.05, 0) is 185 Å². The number of aryl methyl sites for hydroxylation is 8. The second-order valence-corrected chi connectivity index (χ2v) is 20.5. The van der Waals surface area contributed by atoms with Gasteiger partial charge in [0.1, 0.15) is 34.5 Å². The van der Waals surface area contributed by atoms with Crippen LogP contribution >= 0.6 is 15.8 Å². The fourth-order valence-corrected chi connectivity index (χ4v) is 14.7. The van der Waals surface area contributed by atoms with Crippen molar-refractivity contribution in [1.82, 2.24) is 0 Å². The smallest absolute Gasteiger partial charge is 0.139 e. The minimum absolute atomic E-state index is 0.355. The largest absolute Gasteiger partial charge is 0.496 e. The van der Waals surface area contributed by atoms with E-state index in [0.29, 0.717) is 0 Å². The highest BCUT2D eigenvalue weighted by Gasteiger charge is 2.40. The maximum atomic E-state index is 7.58. The Morgan fingerprint density at radius 2 is 0.638 bits per heavy atom. The van der Waals surface area contributed by atoms with Gasteiger partial charge in [-0.25, -0.2) is 0 Å². The molecule has 6 aromatic rings. The minimum atomic E-state index is -1.09. The topological polar surface area (TPSA) is 46.2 Å². The van der Waals surface area contributed by atoms with Crippen molar-refractivity contribution in [2.75, 3.05) is 28.4 Å². The summed E-state index contributed by atoms with van der Waals surface area (Å²) in [7, 11) is 4.84. The second-order valence-electron chi connectivity index (χ2n) is 16.2. The molecule has 300 valence electrons. The van der Waals surface area contributed by atoms with Crippen LogP contribution in [0, 0.1) is 55.4 Å². The summed E-state index contributed by atoms with van der Waals surface area (Å²) in [6.07, 6.45) is 0. The molecule has 0 N–H and O–H groups in total. The fraction of sp³-hybridized carbons (Fsp3) is 0.294. The van der Waals surface area contributed by atoms with E-state index in [1.165, 1.54) is 43.0 Å². The van der Waals surface area contributed by atoms with Crippen LogP contribution in [0.2, 0.25) is 0 Å². The molecule has 0 spiro atoms. The molecule has 0 aromatic heterocycles. The van der Waals surface area contributed by atoms with Crippen molar-refractivity contribution in [2.24, 2.45) is 0 Å². The van der Waals surface area contributed by atoms with Crippen LogP contribution in [-0.2, 0) is 5.41 Å².